The fourth-order valence-corrected chi connectivity index (χ4v) is 2.09. The van der Waals surface area contributed by atoms with E-state index in [1.54, 1.807) is 6.07 Å². The van der Waals surface area contributed by atoms with Crippen LogP contribution in [0.3, 0.4) is 0 Å². The Morgan fingerprint density at radius 3 is 2.86 bits per heavy atom. The normalized spacial score (nSPS) is 11.0. The maximum Gasteiger partial charge on any atom is 0.124 e. The van der Waals surface area contributed by atoms with E-state index in [0.29, 0.717) is 11.5 Å². The van der Waals surface area contributed by atoms with E-state index >= 15 is 0 Å². The third-order valence-corrected chi connectivity index (χ3v) is 2.81. The van der Waals surface area contributed by atoms with Crippen LogP contribution in [0.15, 0.2) is 24.3 Å². The minimum Gasteiger partial charge on any atom is -0.507 e. The fraction of sp³-hybridized carbons (Fsp3) is 0.273. The van der Waals surface area contributed by atoms with Gasteiger partial charge in [0.25, 0.3) is 0 Å². The van der Waals surface area contributed by atoms with Crippen molar-refractivity contribution in [2.45, 2.75) is 19.2 Å². The summed E-state index contributed by atoms with van der Waals surface area (Å²) in [4.78, 5) is 0. The summed E-state index contributed by atoms with van der Waals surface area (Å²) in [5, 5.41) is 10.6. The van der Waals surface area contributed by atoms with Gasteiger partial charge in [-0.1, -0.05) is 6.07 Å². The summed E-state index contributed by atoms with van der Waals surface area (Å²) in [5.41, 5.74) is 2.23. The molecule has 0 spiro atoms. The molecule has 0 atom stereocenters. The average molecular weight is 207 g/mol. The van der Waals surface area contributed by atoms with E-state index < -0.39 is 0 Å². The van der Waals surface area contributed by atoms with Gasteiger partial charge < -0.3 is 9.67 Å². The molecular weight excluding hydrogens is 194 g/mol. The van der Waals surface area contributed by atoms with Gasteiger partial charge in [-0.25, -0.2) is 0 Å². The van der Waals surface area contributed by atoms with Gasteiger partial charge in [0.2, 0.25) is 0 Å². The molecule has 1 aromatic heterocycles. The summed E-state index contributed by atoms with van der Waals surface area (Å²) in [6.07, 6.45) is 0. The summed E-state index contributed by atoms with van der Waals surface area (Å²) < 4.78 is 2.17. The van der Waals surface area contributed by atoms with Crippen LogP contribution in [-0.4, -0.2) is 9.67 Å². The van der Waals surface area contributed by atoms with Crippen molar-refractivity contribution in [3.05, 3.63) is 30.0 Å². The zero-order chi connectivity index (χ0) is 10.1. The summed E-state index contributed by atoms with van der Waals surface area (Å²) in [5.74, 6) is 1.04. The monoisotopic (exact) mass is 207 g/mol. The number of benzene rings is 1. The molecule has 74 valence electrons. The molecule has 0 saturated heterocycles. The fourth-order valence-electron chi connectivity index (χ4n) is 1.83. The van der Waals surface area contributed by atoms with Crippen LogP contribution in [0.2, 0.25) is 0 Å². The molecule has 0 aliphatic heterocycles. The maximum absolute atomic E-state index is 9.66. The average Bonchev–Trinajstić information content (AvgIpc) is 2.57. The quantitative estimate of drug-likeness (QED) is 0.727. The SMILES string of the molecule is CCn1c(CS)cc2c(O)cccc21. The lowest BCUT2D eigenvalue weighted by molar-refractivity contribution is 0.481. The second-order valence-electron chi connectivity index (χ2n) is 3.25. The highest BCUT2D eigenvalue weighted by Gasteiger charge is 2.08. The maximum atomic E-state index is 9.66. The molecule has 1 N–H and O–H groups in total. The van der Waals surface area contributed by atoms with Crippen molar-refractivity contribution < 1.29 is 5.11 Å². The first-order chi connectivity index (χ1) is 6.77. The van der Waals surface area contributed by atoms with Crippen LogP contribution < -0.4 is 0 Å². The van der Waals surface area contributed by atoms with E-state index in [9.17, 15) is 5.11 Å². The molecule has 0 fully saturated rings. The topological polar surface area (TPSA) is 25.2 Å². The van der Waals surface area contributed by atoms with Crippen molar-refractivity contribution in [1.82, 2.24) is 4.57 Å². The van der Waals surface area contributed by atoms with Crippen LogP contribution in [0.5, 0.6) is 5.75 Å². The third kappa shape index (κ3) is 1.28. The van der Waals surface area contributed by atoms with Gasteiger partial charge in [-0.2, -0.15) is 12.6 Å². The lowest BCUT2D eigenvalue weighted by Crippen LogP contribution is -1.97. The predicted molar refractivity (Wildman–Crippen MR) is 62.0 cm³/mol. The van der Waals surface area contributed by atoms with Gasteiger partial charge in [-0.05, 0) is 25.1 Å². The number of hydrogen-bond acceptors (Lipinski definition) is 2. The number of aryl methyl sites for hydroxylation is 1. The number of fused-ring (bicyclic) bond motifs is 1. The van der Waals surface area contributed by atoms with Crippen LogP contribution in [0, 0.1) is 0 Å². The molecule has 3 heteroatoms. The van der Waals surface area contributed by atoms with Crippen molar-refractivity contribution in [2.75, 3.05) is 0 Å². The number of phenols is 1. The lowest BCUT2D eigenvalue weighted by atomic mass is 10.2. The zero-order valence-electron chi connectivity index (χ0n) is 8.07. The van der Waals surface area contributed by atoms with Gasteiger partial charge in [-0.3, -0.25) is 0 Å². The molecule has 2 rings (SSSR count). The van der Waals surface area contributed by atoms with Crippen LogP contribution in [-0.2, 0) is 12.3 Å². The summed E-state index contributed by atoms with van der Waals surface area (Å²) in [7, 11) is 0. The molecule has 0 bridgehead atoms. The van der Waals surface area contributed by atoms with Gasteiger partial charge in [0.15, 0.2) is 0 Å². The van der Waals surface area contributed by atoms with Crippen molar-refractivity contribution >= 4 is 23.5 Å². The van der Waals surface area contributed by atoms with E-state index in [1.807, 2.05) is 18.2 Å². The molecule has 0 radical (unpaired) electrons. The van der Waals surface area contributed by atoms with Crippen LogP contribution in [0.4, 0.5) is 0 Å². The number of phenolic OH excluding ortho intramolecular Hbond substituents is 1. The van der Waals surface area contributed by atoms with Gasteiger partial charge >= 0.3 is 0 Å². The number of aromatic hydroxyl groups is 1. The smallest absolute Gasteiger partial charge is 0.124 e. The lowest BCUT2D eigenvalue weighted by Gasteiger charge is -2.04. The van der Waals surface area contributed by atoms with E-state index in [4.69, 9.17) is 0 Å². The van der Waals surface area contributed by atoms with E-state index in [2.05, 4.69) is 24.1 Å². The van der Waals surface area contributed by atoms with Crippen molar-refractivity contribution in [3.63, 3.8) is 0 Å². The number of nitrogens with zero attached hydrogens (tertiary/aromatic N) is 1. The van der Waals surface area contributed by atoms with Crippen molar-refractivity contribution in [3.8, 4) is 5.75 Å². The van der Waals surface area contributed by atoms with E-state index in [-0.39, 0.29) is 0 Å². The Kier molecular flexibility index (Phi) is 2.42. The molecule has 0 unspecified atom stereocenters. The molecule has 0 amide bonds. The molecule has 2 aromatic rings. The molecular formula is C11H13NOS. The van der Waals surface area contributed by atoms with Crippen molar-refractivity contribution in [1.29, 1.82) is 0 Å². The standard InChI is InChI=1S/C11H13NOS/c1-2-12-8(7-14)6-9-10(12)4-3-5-11(9)13/h3-6,13-14H,2,7H2,1H3. The largest absolute Gasteiger partial charge is 0.507 e. The Hall–Kier alpha value is -1.09. The third-order valence-electron chi connectivity index (χ3n) is 2.49. The summed E-state index contributed by atoms with van der Waals surface area (Å²) >= 11 is 4.28. The van der Waals surface area contributed by atoms with Gasteiger partial charge in [0.1, 0.15) is 5.75 Å². The number of hydrogen-bond donors (Lipinski definition) is 2. The Morgan fingerprint density at radius 1 is 1.43 bits per heavy atom. The van der Waals surface area contributed by atoms with Gasteiger partial charge in [-0.15, -0.1) is 0 Å². The highest BCUT2D eigenvalue weighted by molar-refractivity contribution is 7.79. The van der Waals surface area contributed by atoms with Crippen LogP contribution in [0.25, 0.3) is 10.9 Å². The Morgan fingerprint density at radius 2 is 2.21 bits per heavy atom. The molecule has 1 heterocycles. The number of aromatic nitrogens is 1. The molecule has 0 saturated carbocycles. The van der Waals surface area contributed by atoms with Crippen LogP contribution >= 0.6 is 12.6 Å². The summed E-state index contributed by atoms with van der Waals surface area (Å²) in [6, 6.07) is 7.60. The Balaban J connectivity index is 2.79. The number of thiol groups is 1. The number of rotatable bonds is 2. The van der Waals surface area contributed by atoms with Crippen LogP contribution in [0.1, 0.15) is 12.6 Å². The second kappa shape index (κ2) is 3.58. The minimum absolute atomic E-state index is 0.345. The predicted octanol–water partition coefficient (Wildman–Crippen LogP) is 2.80. The molecule has 1 aromatic carbocycles. The Bertz CT molecular complexity index is 462. The van der Waals surface area contributed by atoms with E-state index in [1.165, 1.54) is 0 Å². The first kappa shape index (κ1) is 9.46. The first-order valence-corrected chi connectivity index (χ1v) is 5.32. The molecule has 0 aliphatic carbocycles. The summed E-state index contributed by atoms with van der Waals surface area (Å²) in [6.45, 7) is 3.00. The highest BCUT2D eigenvalue weighted by Crippen LogP contribution is 2.28. The highest BCUT2D eigenvalue weighted by atomic mass is 32.1. The molecule has 2 nitrogen and oxygen atoms in total. The molecule has 0 aliphatic rings. The second-order valence-corrected chi connectivity index (χ2v) is 3.56. The Labute approximate surface area is 88.6 Å². The van der Waals surface area contributed by atoms with Gasteiger partial charge in [0, 0.05) is 23.4 Å². The zero-order valence-corrected chi connectivity index (χ0v) is 8.96. The minimum atomic E-state index is 0.345. The first-order valence-electron chi connectivity index (χ1n) is 4.69. The van der Waals surface area contributed by atoms with E-state index in [0.717, 1.165) is 23.1 Å². The molecule has 14 heavy (non-hydrogen) atoms. The van der Waals surface area contributed by atoms with Gasteiger partial charge in [0.05, 0.1) is 5.52 Å². The van der Waals surface area contributed by atoms with Crippen molar-refractivity contribution in [2.24, 2.45) is 0 Å².